The van der Waals surface area contributed by atoms with Gasteiger partial charge in [0.15, 0.2) is 5.78 Å². The van der Waals surface area contributed by atoms with Crippen LogP contribution in [0.2, 0.25) is 0 Å². The fourth-order valence-electron chi connectivity index (χ4n) is 1.54. The maximum atomic E-state index is 11.2. The Morgan fingerprint density at radius 2 is 1.82 bits per heavy atom. The van der Waals surface area contributed by atoms with Crippen molar-refractivity contribution >= 4 is 11.5 Å². The summed E-state index contributed by atoms with van der Waals surface area (Å²) in [6.45, 7) is 6.54. The second-order valence-electron chi connectivity index (χ2n) is 5.26. The monoisotopic (exact) mass is 234 g/mol. The van der Waals surface area contributed by atoms with E-state index < -0.39 is 0 Å². The predicted octanol–water partition coefficient (Wildman–Crippen LogP) is 2.45. The van der Waals surface area contributed by atoms with Crippen molar-refractivity contribution < 1.29 is 4.79 Å². The van der Waals surface area contributed by atoms with Gasteiger partial charge in [0, 0.05) is 30.4 Å². The lowest BCUT2D eigenvalue weighted by Crippen LogP contribution is -2.36. The first-order valence-electron chi connectivity index (χ1n) is 5.90. The summed E-state index contributed by atoms with van der Waals surface area (Å²) in [5, 5.41) is 0. The minimum absolute atomic E-state index is 0.0993. The van der Waals surface area contributed by atoms with Crippen LogP contribution in [0.3, 0.4) is 0 Å². The topological polar surface area (TPSA) is 46.3 Å². The van der Waals surface area contributed by atoms with Crippen LogP contribution in [0, 0.1) is 0 Å². The maximum Gasteiger partial charge on any atom is 0.159 e. The highest BCUT2D eigenvalue weighted by Crippen LogP contribution is 2.16. The highest BCUT2D eigenvalue weighted by molar-refractivity contribution is 5.94. The van der Waals surface area contributed by atoms with Gasteiger partial charge in [0.25, 0.3) is 0 Å². The Balaban J connectivity index is 2.63. The van der Waals surface area contributed by atoms with Gasteiger partial charge in [0.1, 0.15) is 0 Å². The van der Waals surface area contributed by atoms with E-state index in [4.69, 9.17) is 5.73 Å². The molecule has 1 aromatic carbocycles. The average molecular weight is 234 g/mol. The summed E-state index contributed by atoms with van der Waals surface area (Å²) >= 11 is 0. The predicted molar refractivity (Wildman–Crippen MR) is 72.6 cm³/mol. The van der Waals surface area contributed by atoms with E-state index in [1.54, 1.807) is 6.92 Å². The lowest BCUT2D eigenvalue weighted by atomic mass is 10.0. The molecule has 3 nitrogen and oxygen atoms in total. The van der Waals surface area contributed by atoms with Gasteiger partial charge in [-0.1, -0.05) is 0 Å². The normalized spacial score (nSPS) is 11.4. The fraction of sp³-hybridized carbons (Fsp3) is 0.500. The summed E-state index contributed by atoms with van der Waals surface area (Å²) < 4.78 is 0. The number of carbonyl (C=O) groups is 1. The highest BCUT2D eigenvalue weighted by Gasteiger charge is 2.12. The van der Waals surface area contributed by atoms with E-state index in [0.29, 0.717) is 0 Å². The smallest absolute Gasteiger partial charge is 0.159 e. The standard InChI is InChI=1S/C14H22N2O/c1-11(17)12-5-7-13(8-6-12)16(4)10-9-14(2,3)15/h5-8H,9-10,15H2,1-4H3. The van der Waals surface area contributed by atoms with E-state index in [2.05, 4.69) is 4.90 Å². The molecule has 0 atom stereocenters. The van der Waals surface area contributed by atoms with Crippen molar-refractivity contribution in [3.05, 3.63) is 29.8 Å². The molecule has 1 rings (SSSR count). The molecule has 0 aromatic heterocycles. The van der Waals surface area contributed by atoms with Crippen molar-refractivity contribution in [1.82, 2.24) is 0 Å². The van der Waals surface area contributed by atoms with Gasteiger partial charge in [-0.05, 0) is 51.5 Å². The summed E-state index contributed by atoms with van der Waals surface area (Å²) in [7, 11) is 2.04. The average Bonchev–Trinajstić information content (AvgIpc) is 2.25. The number of nitrogens with zero attached hydrogens (tertiary/aromatic N) is 1. The number of anilines is 1. The van der Waals surface area contributed by atoms with Gasteiger partial charge in [-0.2, -0.15) is 0 Å². The molecule has 0 saturated carbocycles. The van der Waals surface area contributed by atoms with Crippen molar-refractivity contribution in [2.24, 2.45) is 5.73 Å². The van der Waals surface area contributed by atoms with Crippen LogP contribution in [-0.4, -0.2) is 24.9 Å². The molecule has 0 radical (unpaired) electrons. The van der Waals surface area contributed by atoms with Crippen LogP contribution in [0.15, 0.2) is 24.3 Å². The number of benzene rings is 1. The molecule has 1 aromatic rings. The molecule has 0 fully saturated rings. The van der Waals surface area contributed by atoms with Gasteiger partial charge in [-0.3, -0.25) is 4.79 Å². The molecule has 0 amide bonds. The molecule has 0 aliphatic rings. The van der Waals surface area contributed by atoms with Crippen LogP contribution in [0.5, 0.6) is 0 Å². The molecule has 0 unspecified atom stereocenters. The number of nitrogens with two attached hydrogens (primary N) is 1. The number of carbonyl (C=O) groups excluding carboxylic acids is 1. The molecular formula is C14H22N2O. The Morgan fingerprint density at radius 3 is 2.24 bits per heavy atom. The molecule has 0 aliphatic heterocycles. The van der Waals surface area contributed by atoms with Gasteiger partial charge in [-0.25, -0.2) is 0 Å². The van der Waals surface area contributed by atoms with Crippen LogP contribution in [0.1, 0.15) is 37.6 Å². The second-order valence-corrected chi connectivity index (χ2v) is 5.26. The quantitative estimate of drug-likeness (QED) is 0.796. The van der Waals surface area contributed by atoms with Crippen LogP contribution in [0.4, 0.5) is 5.69 Å². The number of ketones is 1. The van der Waals surface area contributed by atoms with Gasteiger partial charge in [0.2, 0.25) is 0 Å². The van der Waals surface area contributed by atoms with E-state index >= 15 is 0 Å². The lowest BCUT2D eigenvalue weighted by Gasteiger charge is -2.25. The van der Waals surface area contributed by atoms with Gasteiger partial charge in [-0.15, -0.1) is 0 Å². The second kappa shape index (κ2) is 5.32. The Labute approximate surface area is 104 Å². The summed E-state index contributed by atoms with van der Waals surface area (Å²) in [4.78, 5) is 13.3. The fourth-order valence-corrected chi connectivity index (χ4v) is 1.54. The van der Waals surface area contributed by atoms with Crippen molar-refractivity contribution in [1.29, 1.82) is 0 Å². The summed E-state index contributed by atoms with van der Waals surface area (Å²) in [6.07, 6.45) is 0.929. The third-order valence-corrected chi connectivity index (χ3v) is 2.81. The number of hydrogen-bond donors (Lipinski definition) is 1. The molecule has 3 heteroatoms. The zero-order valence-corrected chi connectivity index (χ0v) is 11.2. The third-order valence-electron chi connectivity index (χ3n) is 2.81. The van der Waals surface area contributed by atoms with Crippen molar-refractivity contribution in [2.75, 3.05) is 18.5 Å². The first kappa shape index (κ1) is 13.7. The summed E-state index contributed by atoms with van der Waals surface area (Å²) in [5.74, 6) is 0.0993. The Bertz CT molecular complexity index is 376. The molecule has 0 bridgehead atoms. The van der Waals surface area contributed by atoms with Gasteiger partial charge >= 0.3 is 0 Å². The van der Waals surface area contributed by atoms with Crippen LogP contribution in [-0.2, 0) is 0 Å². The minimum atomic E-state index is -0.145. The van der Waals surface area contributed by atoms with E-state index in [9.17, 15) is 4.79 Å². The Hall–Kier alpha value is -1.35. The molecule has 17 heavy (non-hydrogen) atoms. The maximum absolute atomic E-state index is 11.2. The van der Waals surface area contributed by atoms with E-state index in [-0.39, 0.29) is 11.3 Å². The van der Waals surface area contributed by atoms with Crippen LogP contribution in [0.25, 0.3) is 0 Å². The number of rotatable bonds is 5. The molecule has 94 valence electrons. The van der Waals surface area contributed by atoms with E-state index in [1.165, 1.54) is 0 Å². The van der Waals surface area contributed by atoms with Gasteiger partial charge < -0.3 is 10.6 Å². The lowest BCUT2D eigenvalue weighted by molar-refractivity contribution is 0.101. The Kier molecular flexibility index (Phi) is 4.29. The zero-order valence-electron chi connectivity index (χ0n) is 11.2. The molecular weight excluding hydrogens is 212 g/mol. The van der Waals surface area contributed by atoms with Crippen LogP contribution >= 0.6 is 0 Å². The summed E-state index contributed by atoms with van der Waals surface area (Å²) in [5.41, 5.74) is 7.67. The minimum Gasteiger partial charge on any atom is -0.375 e. The first-order valence-corrected chi connectivity index (χ1v) is 5.90. The highest BCUT2D eigenvalue weighted by atomic mass is 16.1. The molecule has 0 saturated heterocycles. The third kappa shape index (κ3) is 4.57. The van der Waals surface area contributed by atoms with Gasteiger partial charge in [0.05, 0.1) is 0 Å². The molecule has 0 spiro atoms. The van der Waals surface area contributed by atoms with Crippen molar-refractivity contribution in [3.63, 3.8) is 0 Å². The first-order chi connectivity index (χ1) is 7.79. The number of hydrogen-bond acceptors (Lipinski definition) is 3. The SMILES string of the molecule is CC(=O)c1ccc(N(C)CCC(C)(C)N)cc1. The largest absolute Gasteiger partial charge is 0.375 e. The Morgan fingerprint density at radius 1 is 1.29 bits per heavy atom. The molecule has 0 heterocycles. The molecule has 2 N–H and O–H groups in total. The van der Waals surface area contributed by atoms with Crippen molar-refractivity contribution in [2.45, 2.75) is 32.7 Å². The zero-order chi connectivity index (χ0) is 13.1. The van der Waals surface area contributed by atoms with Crippen molar-refractivity contribution in [3.8, 4) is 0 Å². The number of Topliss-reactive ketones (excluding diaryl/α,β-unsaturated/α-hetero) is 1. The van der Waals surface area contributed by atoms with E-state index in [0.717, 1.165) is 24.2 Å². The summed E-state index contributed by atoms with van der Waals surface area (Å²) in [6, 6.07) is 7.67. The van der Waals surface area contributed by atoms with E-state index in [1.807, 2.05) is 45.2 Å². The van der Waals surface area contributed by atoms with Crippen LogP contribution < -0.4 is 10.6 Å². The molecule has 0 aliphatic carbocycles.